The average molecular weight is 280 g/mol. The standard InChI is InChI=1S/C16H16N4O/c1-3-8-19-16(21)20-12(2)13-4-6-14(7-5-13)15-9-17-11-18-10-15/h1,4-7,9-12H,8H2,2H3,(H2,19,20,21)/t12-/m1/s1. The van der Waals surface area contributed by atoms with Crippen LogP contribution < -0.4 is 10.6 Å². The Morgan fingerprint density at radius 3 is 2.52 bits per heavy atom. The van der Waals surface area contributed by atoms with Gasteiger partial charge in [0.1, 0.15) is 6.33 Å². The first-order valence-electron chi connectivity index (χ1n) is 6.54. The molecule has 21 heavy (non-hydrogen) atoms. The number of hydrogen-bond acceptors (Lipinski definition) is 3. The van der Waals surface area contributed by atoms with E-state index in [0.717, 1.165) is 16.7 Å². The summed E-state index contributed by atoms with van der Waals surface area (Å²) in [5.41, 5.74) is 2.99. The summed E-state index contributed by atoms with van der Waals surface area (Å²) in [7, 11) is 0. The van der Waals surface area contributed by atoms with Crippen LogP contribution in [-0.2, 0) is 0 Å². The Hall–Kier alpha value is -2.87. The zero-order valence-corrected chi connectivity index (χ0v) is 11.7. The van der Waals surface area contributed by atoms with Crippen LogP contribution >= 0.6 is 0 Å². The highest BCUT2D eigenvalue weighted by Gasteiger charge is 2.09. The Balaban J connectivity index is 2.02. The fraction of sp³-hybridized carbons (Fsp3) is 0.188. The van der Waals surface area contributed by atoms with Crippen LogP contribution in [-0.4, -0.2) is 22.5 Å². The van der Waals surface area contributed by atoms with Crippen molar-refractivity contribution in [3.63, 3.8) is 0 Å². The van der Waals surface area contributed by atoms with Crippen LogP contribution in [0.1, 0.15) is 18.5 Å². The lowest BCUT2D eigenvalue weighted by Gasteiger charge is -2.15. The van der Waals surface area contributed by atoms with E-state index in [1.165, 1.54) is 6.33 Å². The molecule has 1 atom stereocenters. The number of hydrogen-bond donors (Lipinski definition) is 2. The van der Waals surface area contributed by atoms with Gasteiger partial charge < -0.3 is 10.6 Å². The van der Waals surface area contributed by atoms with Gasteiger partial charge in [-0.3, -0.25) is 0 Å². The maximum absolute atomic E-state index is 11.5. The van der Waals surface area contributed by atoms with Crippen molar-refractivity contribution >= 4 is 6.03 Å². The van der Waals surface area contributed by atoms with Crippen molar-refractivity contribution < 1.29 is 4.79 Å². The van der Waals surface area contributed by atoms with Crippen LogP contribution in [0, 0.1) is 12.3 Å². The van der Waals surface area contributed by atoms with Gasteiger partial charge in [-0.25, -0.2) is 14.8 Å². The first kappa shape index (κ1) is 14.5. The van der Waals surface area contributed by atoms with Crippen molar-refractivity contribution in [1.82, 2.24) is 20.6 Å². The molecule has 0 aliphatic rings. The molecule has 1 aromatic heterocycles. The summed E-state index contributed by atoms with van der Waals surface area (Å²) in [6.45, 7) is 2.13. The number of urea groups is 1. The zero-order chi connectivity index (χ0) is 15.1. The molecule has 0 bridgehead atoms. The summed E-state index contributed by atoms with van der Waals surface area (Å²) >= 11 is 0. The van der Waals surface area contributed by atoms with Crippen molar-refractivity contribution in [3.05, 3.63) is 48.5 Å². The van der Waals surface area contributed by atoms with E-state index in [0.29, 0.717) is 0 Å². The van der Waals surface area contributed by atoms with Crippen molar-refractivity contribution in [1.29, 1.82) is 0 Å². The Kier molecular flexibility index (Phi) is 4.89. The summed E-state index contributed by atoms with van der Waals surface area (Å²) in [6.07, 6.45) is 10.1. The lowest BCUT2D eigenvalue weighted by molar-refractivity contribution is 0.239. The summed E-state index contributed by atoms with van der Waals surface area (Å²) in [5, 5.41) is 5.39. The molecule has 0 spiro atoms. The fourth-order valence-corrected chi connectivity index (χ4v) is 1.87. The van der Waals surface area contributed by atoms with Crippen LogP contribution in [0.15, 0.2) is 43.0 Å². The third kappa shape index (κ3) is 4.05. The second-order valence-corrected chi connectivity index (χ2v) is 4.50. The van der Waals surface area contributed by atoms with Crippen LogP contribution in [0.4, 0.5) is 4.79 Å². The minimum Gasteiger partial charge on any atom is -0.332 e. The van der Waals surface area contributed by atoms with Crippen molar-refractivity contribution in [3.8, 4) is 23.5 Å². The molecular formula is C16H16N4O. The smallest absolute Gasteiger partial charge is 0.316 e. The second-order valence-electron chi connectivity index (χ2n) is 4.50. The van der Waals surface area contributed by atoms with E-state index in [9.17, 15) is 4.79 Å². The highest BCUT2D eigenvalue weighted by molar-refractivity contribution is 5.74. The summed E-state index contributed by atoms with van der Waals surface area (Å²) in [4.78, 5) is 19.5. The van der Waals surface area contributed by atoms with Crippen LogP contribution in [0.5, 0.6) is 0 Å². The van der Waals surface area contributed by atoms with Gasteiger partial charge in [0.15, 0.2) is 0 Å². The quantitative estimate of drug-likeness (QED) is 0.843. The predicted octanol–water partition coefficient (Wildman–Crippen LogP) is 2.14. The normalized spacial score (nSPS) is 11.2. The maximum Gasteiger partial charge on any atom is 0.316 e. The number of nitrogens with zero attached hydrogens (tertiary/aromatic N) is 2. The van der Waals surface area contributed by atoms with Crippen LogP contribution in [0.25, 0.3) is 11.1 Å². The Labute approximate surface area is 123 Å². The van der Waals surface area contributed by atoms with Crippen LogP contribution in [0.2, 0.25) is 0 Å². The summed E-state index contributed by atoms with van der Waals surface area (Å²) in [5.74, 6) is 2.35. The van der Waals surface area contributed by atoms with Gasteiger partial charge in [-0.15, -0.1) is 6.42 Å². The number of rotatable bonds is 4. The van der Waals surface area contributed by atoms with E-state index in [2.05, 4.69) is 26.5 Å². The number of aromatic nitrogens is 2. The number of carbonyl (C=O) groups excluding carboxylic acids is 1. The molecule has 1 aromatic carbocycles. The molecule has 5 heteroatoms. The van der Waals surface area contributed by atoms with Crippen LogP contribution in [0.3, 0.4) is 0 Å². The second kappa shape index (κ2) is 7.06. The van der Waals surface area contributed by atoms with E-state index >= 15 is 0 Å². The summed E-state index contributed by atoms with van der Waals surface area (Å²) in [6, 6.07) is 7.50. The molecule has 0 unspecified atom stereocenters. The molecule has 5 nitrogen and oxygen atoms in total. The van der Waals surface area contributed by atoms with Gasteiger partial charge in [0.2, 0.25) is 0 Å². The maximum atomic E-state index is 11.5. The van der Waals surface area contributed by atoms with Gasteiger partial charge in [-0.1, -0.05) is 30.2 Å². The molecule has 0 saturated carbocycles. The molecular weight excluding hydrogens is 264 g/mol. The van der Waals surface area contributed by atoms with E-state index in [1.807, 2.05) is 31.2 Å². The topological polar surface area (TPSA) is 66.9 Å². The number of terminal acetylenes is 1. The van der Waals surface area contributed by atoms with Gasteiger partial charge >= 0.3 is 6.03 Å². The average Bonchev–Trinajstić information content (AvgIpc) is 2.54. The van der Waals surface area contributed by atoms with Gasteiger partial charge in [-0.05, 0) is 18.1 Å². The third-order valence-corrected chi connectivity index (χ3v) is 3.00. The Morgan fingerprint density at radius 2 is 1.90 bits per heavy atom. The lowest BCUT2D eigenvalue weighted by Crippen LogP contribution is -2.37. The zero-order valence-electron chi connectivity index (χ0n) is 11.7. The molecule has 1 heterocycles. The molecule has 0 aliphatic heterocycles. The number of amides is 2. The highest BCUT2D eigenvalue weighted by Crippen LogP contribution is 2.20. The molecule has 2 rings (SSSR count). The fourth-order valence-electron chi connectivity index (χ4n) is 1.87. The molecule has 0 aliphatic carbocycles. The SMILES string of the molecule is C#CCNC(=O)N[C@H](C)c1ccc(-c2cncnc2)cc1. The van der Waals surface area contributed by atoms with E-state index in [-0.39, 0.29) is 18.6 Å². The Bertz CT molecular complexity index is 632. The molecule has 2 N–H and O–H groups in total. The predicted molar refractivity (Wildman–Crippen MR) is 81.3 cm³/mol. The van der Waals surface area contributed by atoms with Gasteiger partial charge in [0.05, 0.1) is 12.6 Å². The largest absolute Gasteiger partial charge is 0.332 e. The molecule has 0 saturated heterocycles. The molecule has 106 valence electrons. The first-order chi connectivity index (χ1) is 10.2. The number of carbonyl (C=O) groups is 1. The van der Waals surface area contributed by atoms with Crippen molar-refractivity contribution in [2.24, 2.45) is 0 Å². The van der Waals surface area contributed by atoms with Gasteiger partial charge in [0, 0.05) is 18.0 Å². The van der Waals surface area contributed by atoms with Gasteiger partial charge in [0.25, 0.3) is 0 Å². The van der Waals surface area contributed by atoms with Crippen molar-refractivity contribution in [2.75, 3.05) is 6.54 Å². The minimum atomic E-state index is -0.277. The molecule has 0 radical (unpaired) electrons. The van der Waals surface area contributed by atoms with Crippen molar-refractivity contribution in [2.45, 2.75) is 13.0 Å². The molecule has 2 aromatic rings. The Morgan fingerprint density at radius 1 is 1.24 bits per heavy atom. The first-order valence-corrected chi connectivity index (χ1v) is 6.54. The number of nitrogens with one attached hydrogen (secondary N) is 2. The summed E-state index contributed by atoms with van der Waals surface area (Å²) < 4.78 is 0. The molecule has 2 amide bonds. The van der Waals surface area contributed by atoms with Gasteiger partial charge in [-0.2, -0.15) is 0 Å². The third-order valence-electron chi connectivity index (χ3n) is 3.00. The lowest BCUT2D eigenvalue weighted by atomic mass is 10.0. The van der Waals surface area contributed by atoms with E-state index < -0.39 is 0 Å². The minimum absolute atomic E-state index is 0.108. The molecule has 0 fully saturated rings. The van der Waals surface area contributed by atoms with E-state index in [4.69, 9.17) is 6.42 Å². The monoisotopic (exact) mass is 280 g/mol. The van der Waals surface area contributed by atoms with E-state index in [1.54, 1.807) is 12.4 Å². The highest BCUT2D eigenvalue weighted by atomic mass is 16.2. The number of benzene rings is 1.